The molecule has 0 bridgehead atoms. The van der Waals surface area contributed by atoms with Crippen LogP contribution in [0.4, 0.5) is 0 Å². The van der Waals surface area contributed by atoms with Gasteiger partial charge in [-0.1, -0.05) is 50.2 Å². The number of hydrogen-bond donors (Lipinski definition) is 0. The third kappa shape index (κ3) is 1.44. The van der Waals surface area contributed by atoms with E-state index in [-0.39, 0.29) is 0 Å². The van der Waals surface area contributed by atoms with Crippen molar-refractivity contribution in [3.8, 4) is 0 Å². The Bertz CT molecular complexity index is 408. The Morgan fingerprint density at radius 1 is 1.08 bits per heavy atom. The van der Waals surface area contributed by atoms with Crippen molar-refractivity contribution in [2.75, 3.05) is 0 Å². The first kappa shape index (κ1) is 8.31. The molecular weight excluding hydrogens is 156 g/mol. The molecule has 0 N–H and O–H groups in total. The van der Waals surface area contributed by atoms with Crippen LogP contribution in [0.25, 0.3) is 10.8 Å². The van der Waals surface area contributed by atoms with Crippen LogP contribution in [0.3, 0.4) is 0 Å². The van der Waals surface area contributed by atoms with Gasteiger partial charge in [0.2, 0.25) is 0 Å². The largest absolute Gasteiger partial charge is 0.0616 e. The Balaban J connectivity index is 2.76. The Labute approximate surface area is 79.2 Å². The van der Waals surface area contributed by atoms with Crippen molar-refractivity contribution in [3.05, 3.63) is 48.0 Å². The smallest absolute Gasteiger partial charge is 0.00990 e. The van der Waals surface area contributed by atoms with Gasteiger partial charge in [-0.05, 0) is 28.3 Å². The molecule has 0 aromatic heterocycles. The molecule has 0 aliphatic carbocycles. The third-order valence-corrected chi connectivity index (χ3v) is 2.36. The summed E-state index contributed by atoms with van der Waals surface area (Å²) in [5.74, 6) is 0.583. The first-order valence-corrected chi connectivity index (χ1v) is 4.68. The van der Waals surface area contributed by atoms with Crippen LogP contribution in [0.1, 0.15) is 25.3 Å². The molecule has 13 heavy (non-hydrogen) atoms. The van der Waals surface area contributed by atoms with Gasteiger partial charge in [0.05, 0.1) is 0 Å². The molecule has 1 radical (unpaired) electrons. The molecule has 0 spiro atoms. The maximum Gasteiger partial charge on any atom is -0.00990 e. The molecule has 65 valence electrons. The molecule has 0 nitrogen and oxygen atoms in total. The number of benzene rings is 2. The molecule has 0 heterocycles. The molecule has 0 amide bonds. The minimum Gasteiger partial charge on any atom is -0.0616 e. The van der Waals surface area contributed by atoms with Gasteiger partial charge in [-0.2, -0.15) is 0 Å². The highest BCUT2D eigenvalue weighted by Crippen LogP contribution is 2.24. The zero-order valence-electron chi connectivity index (χ0n) is 8.04. The molecule has 2 aromatic carbocycles. The summed E-state index contributed by atoms with van der Waals surface area (Å²) in [7, 11) is 0. The summed E-state index contributed by atoms with van der Waals surface area (Å²) >= 11 is 0. The maximum atomic E-state index is 3.25. The minimum absolute atomic E-state index is 0.583. The van der Waals surface area contributed by atoms with E-state index in [1.54, 1.807) is 0 Å². The number of fused-ring (bicyclic) bond motifs is 1. The Morgan fingerprint density at radius 3 is 2.62 bits per heavy atom. The lowest BCUT2D eigenvalue weighted by Gasteiger charge is -2.08. The molecule has 0 aliphatic heterocycles. The van der Waals surface area contributed by atoms with E-state index in [9.17, 15) is 0 Å². The number of rotatable bonds is 1. The van der Waals surface area contributed by atoms with Gasteiger partial charge in [0.25, 0.3) is 0 Å². The Kier molecular flexibility index (Phi) is 2.05. The van der Waals surface area contributed by atoms with E-state index in [2.05, 4.69) is 50.2 Å². The van der Waals surface area contributed by atoms with E-state index in [4.69, 9.17) is 0 Å². The molecule has 2 rings (SSSR count). The summed E-state index contributed by atoms with van der Waals surface area (Å²) in [6, 6.07) is 15.8. The van der Waals surface area contributed by atoms with Crippen LogP contribution >= 0.6 is 0 Å². The highest BCUT2D eigenvalue weighted by molar-refractivity contribution is 5.85. The molecular formula is C13H13. The second-order valence-corrected chi connectivity index (χ2v) is 3.63. The van der Waals surface area contributed by atoms with Crippen LogP contribution in [0.5, 0.6) is 0 Å². The molecule has 0 aliphatic rings. The quantitative estimate of drug-likeness (QED) is 0.609. The summed E-state index contributed by atoms with van der Waals surface area (Å²) in [5, 5.41) is 2.55. The van der Waals surface area contributed by atoms with E-state index in [0.29, 0.717) is 5.92 Å². The van der Waals surface area contributed by atoms with E-state index in [0.717, 1.165) is 0 Å². The van der Waals surface area contributed by atoms with Gasteiger partial charge in [-0.3, -0.25) is 0 Å². The van der Waals surface area contributed by atoms with Crippen molar-refractivity contribution in [2.24, 2.45) is 0 Å². The summed E-state index contributed by atoms with van der Waals surface area (Å²) in [6.07, 6.45) is 0. The van der Waals surface area contributed by atoms with Gasteiger partial charge in [-0.15, -0.1) is 0 Å². The fourth-order valence-corrected chi connectivity index (χ4v) is 1.68. The van der Waals surface area contributed by atoms with Gasteiger partial charge in [0.1, 0.15) is 0 Å². The SMILES string of the molecule is CC(C)c1cc[c]c2ccccc12. The predicted molar refractivity (Wildman–Crippen MR) is 56.9 cm³/mol. The lowest BCUT2D eigenvalue weighted by molar-refractivity contribution is 0.876. The predicted octanol–water partition coefficient (Wildman–Crippen LogP) is 3.76. The topological polar surface area (TPSA) is 0 Å². The fourth-order valence-electron chi connectivity index (χ4n) is 1.68. The van der Waals surface area contributed by atoms with Gasteiger partial charge in [0.15, 0.2) is 0 Å². The lowest BCUT2D eigenvalue weighted by atomic mass is 9.96. The molecule has 0 heteroatoms. The van der Waals surface area contributed by atoms with Crippen molar-refractivity contribution in [1.82, 2.24) is 0 Å². The molecule has 0 unspecified atom stereocenters. The van der Waals surface area contributed by atoms with Crippen LogP contribution in [0, 0.1) is 6.07 Å². The molecule has 0 saturated carbocycles. The Hall–Kier alpha value is -1.30. The standard InChI is InChI=1S/C13H13/c1-10(2)12-9-5-7-11-6-3-4-8-13(11)12/h3-6,8-10H,1-2H3. The van der Waals surface area contributed by atoms with Gasteiger partial charge >= 0.3 is 0 Å². The Morgan fingerprint density at radius 2 is 1.85 bits per heavy atom. The van der Waals surface area contributed by atoms with Crippen molar-refractivity contribution < 1.29 is 0 Å². The first-order valence-electron chi connectivity index (χ1n) is 4.68. The zero-order chi connectivity index (χ0) is 9.26. The van der Waals surface area contributed by atoms with Crippen molar-refractivity contribution in [3.63, 3.8) is 0 Å². The highest BCUT2D eigenvalue weighted by Gasteiger charge is 2.02. The summed E-state index contributed by atoms with van der Waals surface area (Å²) < 4.78 is 0. The van der Waals surface area contributed by atoms with Crippen molar-refractivity contribution in [1.29, 1.82) is 0 Å². The van der Waals surface area contributed by atoms with Crippen LogP contribution in [-0.2, 0) is 0 Å². The molecule has 0 atom stereocenters. The van der Waals surface area contributed by atoms with Crippen LogP contribution in [-0.4, -0.2) is 0 Å². The summed E-state index contributed by atoms with van der Waals surface area (Å²) in [6.45, 7) is 4.45. The van der Waals surface area contributed by atoms with Gasteiger partial charge in [0, 0.05) is 0 Å². The minimum atomic E-state index is 0.583. The lowest BCUT2D eigenvalue weighted by Crippen LogP contribution is -1.88. The second-order valence-electron chi connectivity index (χ2n) is 3.63. The average molecular weight is 169 g/mol. The fraction of sp³-hybridized carbons (Fsp3) is 0.231. The van der Waals surface area contributed by atoms with E-state index in [1.165, 1.54) is 16.3 Å². The second kappa shape index (κ2) is 3.21. The average Bonchev–Trinajstić information content (AvgIpc) is 2.17. The molecule has 2 aromatic rings. The zero-order valence-corrected chi connectivity index (χ0v) is 8.04. The highest BCUT2D eigenvalue weighted by atomic mass is 14.1. The van der Waals surface area contributed by atoms with Crippen LogP contribution in [0.15, 0.2) is 36.4 Å². The summed E-state index contributed by atoms with van der Waals surface area (Å²) in [4.78, 5) is 0. The molecule has 0 fully saturated rings. The van der Waals surface area contributed by atoms with Crippen molar-refractivity contribution in [2.45, 2.75) is 19.8 Å². The third-order valence-electron chi connectivity index (χ3n) is 2.36. The number of hydrogen-bond acceptors (Lipinski definition) is 0. The van der Waals surface area contributed by atoms with Crippen molar-refractivity contribution >= 4 is 10.8 Å². The van der Waals surface area contributed by atoms with Crippen LogP contribution < -0.4 is 0 Å². The van der Waals surface area contributed by atoms with Gasteiger partial charge in [-0.25, -0.2) is 0 Å². The van der Waals surface area contributed by atoms with E-state index in [1.807, 2.05) is 6.07 Å². The van der Waals surface area contributed by atoms with E-state index >= 15 is 0 Å². The normalized spacial score (nSPS) is 11.0. The monoisotopic (exact) mass is 169 g/mol. The maximum absolute atomic E-state index is 3.25. The van der Waals surface area contributed by atoms with Gasteiger partial charge < -0.3 is 0 Å². The van der Waals surface area contributed by atoms with Crippen LogP contribution in [0.2, 0.25) is 0 Å². The first-order chi connectivity index (χ1) is 6.29. The summed E-state index contributed by atoms with van der Waals surface area (Å²) in [5.41, 5.74) is 1.41. The van der Waals surface area contributed by atoms with E-state index < -0.39 is 0 Å². The molecule has 0 saturated heterocycles.